The van der Waals surface area contributed by atoms with Crippen LogP contribution in [0.5, 0.6) is 5.75 Å². The van der Waals surface area contributed by atoms with Crippen LogP contribution in [0.3, 0.4) is 0 Å². The lowest BCUT2D eigenvalue weighted by Gasteiger charge is -2.34. The van der Waals surface area contributed by atoms with Crippen molar-refractivity contribution < 1.29 is 53.7 Å². The molecule has 0 aromatic heterocycles. The number of aromatic hydroxyl groups is 1. The molecule has 0 aliphatic carbocycles. The summed E-state index contributed by atoms with van der Waals surface area (Å²) in [6, 6.07) is 2.11. The van der Waals surface area contributed by atoms with Crippen molar-refractivity contribution >= 4 is 0 Å². The Morgan fingerprint density at radius 2 is 1.29 bits per heavy atom. The summed E-state index contributed by atoms with van der Waals surface area (Å²) in [5.41, 5.74) is -1.11. The highest BCUT2D eigenvalue weighted by atomic mass is 19.4. The molecule has 0 heterocycles. The summed E-state index contributed by atoms with van der Waals surface area (Å²) in [5.74, 6) is -13.3. The number of halogens is 10. The van der Waals surface area contributed by atoms with E-state index >= 15 is 0 Å². The monoisotopic (exact) mass is 374 g/mol. The highest BCUT2D eigenvalue weighted by Crippen LogP contribution is 2.53. The molecule has 1 unspecified atom stereocenters. The van der Waals surface area contributed by atoms with Gasteiger partial charge in [-0.3, -0.25) is 0 Å². The van der Waals surface area contributed by atoms with E-state index in [1.54, 1.807) is 0 Å². The van der Waals surface area contributed by atoms with Gasteiger partial charge in [0.2, 0.25) is 0 Å². The number of hydrogen-bond donors (Lipinski definition) is 1. The first-order chi connectivity index (χ1) is 10.6. The van der Waals surface area contributed by atoms with Crippen molar-refractivity contribution in [1.29, 1.82) is 0 Å². The number of alkyl halides is 10. The molecule has 2 nitrogen and oxygen atoms in total. The molecule has 1 aromatic carbocycles. The van der Waals surface area contributed by atoms with Gasteiger partial charge in [-0.1, -0.05) is 12.1 Å². The number of phenols is 1. The van der Waals surface area contributed by atoms with Gasteiger partial charge in [-0.2, -0.15) is 43.9 Å². The van der Waals surface area contributed by atoms with Gasteiger partial charge in [-0.05, 0) is 17.7 Å². The summed E-state index contributed by atoms with van der Waals surface area (Å²) in [6.45, 7) is -2.48. The Morgan fingerprint density at radius 3 is 1.67 bits per heavy atom. The second-order valence-corrected chi connectivity index (χ2v) is 4.59. The average molecular weight is 374 g/mol. The van der Waals surface area contributed by atoms with Crippen molar-refractivity contribution in [1.82, 2.24) is 0 Å². The van der Waals surface area contributed by atoms with Crippen molar-refractivity contribution in [3.63, 3.8) is 0 Å². The Balaban J connectivity index is 3.32. The van der Waals surface area contributed by atoms with Crippen molar-refractivity contribution in [3.05, 3.63) is 29.8 Å². The maximum absolute atomic E-state index is 13.7. The molecule has 0 amide bonds. The van der Waals surface area contributed by atoms with Crippen LogP contribution in [0, 0.1) is 0 Å². The largest absolute Gasteiger partial charge is 0.508 e. The standard InChI is InChI=1S/C12H8F10O2/c13-9(14,15)5-24-8(6-1-3-7(23)4-2-6)10(16,17)11(18,19)12(20,21)22/h1-4,8,23H,5H2. The summed E-state index contributed by atoms with van der Waals surface area (Å²) >= 11 is 0. The minimum absolute atomic E-state index is 0.441. The first kappa shape index (κ1) is 20.3. The third kappa shape index (κ3) is 4.22. The van der Waals surface area contributed by atoms with E-state index < -0.39 is 48.2 Å². The molecule has 1 atom stereocenters. The van der Waals surface area contributed by atoms with Crippen LogP contribution in [0.15, 0.2) is 24.3 Å². The molecule has 0 bridgehead atoms. The topological polar surface area (TPSA) is 29.5 Å². The van der Waals surface area contributed by atoms with Crippen LogP contribution in [0.2, 0.25) is 0 Å². The summed E-state index contributed by atoms with van der Waals surface area (Å²) < 4.78 is 130. The Bertz CT molecular complexity index is 546. The number of benzene rings is 1. The minimum Gasteiger partial charge on any atom is -0.508 e. The van der Waals surface area contributed by atoms with Crippen LogP contribution in [0.4, 0.5) is 43.9 Å². The summed E-state index contributed by atoms with van der Waals surface area (Å²) in [4.78, 5) is 0. The van der Waals surface area contributed by atoms with E-state index in [1.165, 1.54) is 0 Å². The lowest BCUT2D eigenvalue weighted by atomic mass is 9.97. The first-order valence-corrected chi connectivity index (χ1v) is 5.89. The molecular formula is C12H8F10O2. The van der Waals surface area contributed by atoms with Gasteiger partial charge in [-0.25, -0.2) is 0 Å². The molecule has 0 saturated carbocycles. The molecule has 0 radical (unpaired) electrons. The van der Waals surface area contributed by atoms with Gasteiger partial charge in [-0.15, -0.1) is 0 Å². The van der Waals surface area contributed by atoms with Gasteiger partial charge < -0.3 is 9.84 Å². The smallest absolute Gasteiger partial charge is 0.459 e. The van der Waals surface area contributed by atoms with E-state index in [4.69, 9.17) is 5.11 Å². The maximum Gasteiger partial charge on any atom is 0.459 e. The molecule has 0 aliphatic rings. The first-order valence-electron chi connectivity index (χ1n) is 5.89. The predicted octanol–water partition coefficient (Wildman–Crippen LogP) is 4.85. The fourth-order valence-corrected chi connectivity index (χ4v) is 1.59. The quantitative estimate of drug-likeness (QED) is 0.747. The van der Waals surface area contributed by atoms with Gasteiger partial charge in [0.1, 0.15) is 12.4 Å². The van der Waals surface area contributed by atoms with E-state index in [1.807, 2.05) is 0 Å². The van der Waals surface area contributed by atoms with Crippen LogP contribution in [-0.2, 0) is 4.74 Å². The number of phenolic OH excluding ortho intramolecular Hbond substituents is 1. The molecule has 0 aliphatic heterocycles. The second-order valence-electron chi connectivity index (χ2n) is 4.59. The number of ether oxygens (including phenoxy) is 1. The highest BCUT2D eigenvalue weighted by molar-refractivity contribution is 5.29. The predicted molar refractivity (Wildman–Crippen MR) is 58.8 cm³/mol. The molecular weight excluding hydrogens is 366 g/mol. The molecule has 12 heteroatoms. The zero-order valence-corrected chi connectivity index (χ0v) is 11.2. The highest BCUT2D eigenvalue weighted by Gasteiger charge is 2.76. The maximum atomic E-state index is 13.7. The molecule has 1 N–H and O–H groups in total. The minimum atomic E-state index is -6.73. The van der Waals surface area contributed by atoms with Crippen LogP contribution in [-0.4, -0.2) is 35.9 Å². The van der Waals surface area contributed by atoms with E-state index in [9.17, 15) is 43.9 Å². The van der Waals surface area contributed by atoms with E-state index in [0.717, 1.165) is 0 Å². The molecule has 0 spiro atoms. The van der Waals surface area contributed by atoms with Gasteiger partial charge in [0, 0.05) is 0 Å². The molecule has 24 heavy (non-hydrogen) atoms. The second kappa shape index (κ2) is 6.30. The normalized spacial score (nSPS) is 15.4. The summed E-state index contributed by atoms with van der Waals surface area (Å²) in [7, 11) is 0. The van der Waals surface area contributed by atoms with Gasteiger partial charge >= 0.3 is 24.2 Å². The van der Waals surface area contributed by atoms with Crippen LogP contribution in [0.25, 0.3) is 0 Å². The third-order valence-electron chi connectivity index (χ3n) is 2.71. The van der Waals surface area contributed by atoms with Crippen molar-refractivity contribution in [2.45, 2.75) is 30.3 Å². The number of hydrogen-bond acceptors (Lipinski definition) is 2. The average Bonchev–Trinajstić information content (AvgIpc) is 2.38. The fraction of sp³-hybridized carbons (Fsp3) is 0.500. The zero-order valence-electron chi connectivity index (χ0n) is 11.2. The lowest BCUT2D eigenvalue weighted by Crippen LogP contribution is -2.55. The van der Waals surface area contributed by atoms with Gasteiger partial charge in [0.05, 0.1) is 0 Å². The number of rotatable bonds is 5. The molecule has 1 aromatic rings. The van der Waals surface area contributed by atoms with Crippen molar-refractivity contribution in [3.8, 4) is 5.75 Å². The Kier molecular flexibility index (Phi) is 5.33. The summed E-state index contributed by atoms with van der Waals surface area (Å²) in [5, 5.41) is 8.95. The van der Waals surface area contributed by atoms with E-state index in [-0.39, 0.29) is 0 Å². The van der Waals surface area contributed by atoms with Gasteiger partial charge in [0.15, 0.2) is 6.10 Å². The van der Waals surface area contributed by atoms with Crippen molar-refractivity contribution in [2.75, 3.05) is 6.61 Å². The van der Waals surface area contributed by atoms with Crippen molar-refractivity contribution in [2.24, 2.45) is 0 Å². The van der Waals surface area contributed by atoms with Crippen LogP contribution in [0.1, 0.15) is 11.7 Å². The fourth-order valence-electron chi connectivity index (χ4n) is 1.59. The zero-order chi connectivity index (χ0) is 19.0. The third-order valence-corrected chi connectivity index (χ3v) is 2.71. The Labute approximate surface area is 127 Å². The van der Waals surface area contributed by atoms with Crippen LogP contribution >= 0.6 is 0 Å². The molecule has 1 rings (SSSR count). The van der Waals surface area contributed by atoms with E-state index in [2.05, 4.69) is 4.74 Å². The van der Waals surface area contributed by atoms with Gasteiger partial charge in [0.25, 0.3) is 0 Å². The summed E-state index contributed by atoms with van der Waals surface area (Å²) in [6.07, 6.45) is -15.5. The lowest BCUT2D eigenvalue weighted by molar-refractivity contribution is -0.378. The molecule has 0 fully saturated rings. The molecule has 138 valence electrons. The van der Waals surface area contributed by atoms with E-state index in [0.29, 0.717) is 24.3 Å². The SMILES string of the molecule is Oc1ccc(C(OCC(F)(F)F)C(F)(F)C(F)(F)C(F)(F)F)cc1. The molecule has 0 saturated heterocycles. The van der Waals surface area contributed by atoms with Crippen LogP contribution < -0.4 is 0 Å². The Morgan fingerprint density at radius 1 is 0.833 bits per heavy atom. The Hall–Kier alpha value is -1.72.